The molecule has 1 heterocycles. The van der Waals surface area contributed by atoms with Crippen molar-refractivity contribution < 1.29 is 18.7 Å². The number of rotatable bonds is 2. The molecule has 1 aromatic carbocycles. The number of benzene rings is 1. The Balaban J connectivity index is 2.80. The van der Waals surface area contributed by atoms with E-state index in [0.717, 1.165) is 6.07 Å². The van der Waals surface area contributed by atoms with Crippen molar-refractivity contribution in [1.29, 1.82) is 0 Å². The molecule has 1 N–H and O–H groups in total. The van der Waals surface area contributed by atoms with Crippen LogP contribution in [0.1, 0.15) is 23.0 Å². The number of carboxylic acids is 1. The number of hydrogen-bond acceptors (Lipinski definition) is 2. The Hall–Kier alpha value is -1.84. The topological polar surface area (TPSA) is 50.4 Å². The van der Waals surface area contributed by atoms with E-state index >= 15 is 0 Å². The number of fused-ring (bicyclic) bond motifs is 1. The van der Waals surface area contributed by atoms with Crippen molar-refractivity contribution in [3.8, 4) is 0 Å². The van der Waals surface area contributed by atoms with E-state index in [2.05, 4.69) is 0 Å². The Morgan fingerprint density at radius 2 is 2.27 bits per heavy atom. The molecule has 3 nitrogen and oxygen atoms in total. The first-order chi connectivity index (χ1) is 7.13. The van der Waals surface area contributed by atoms with Crippen molar-refractivity contribution in [1.82, 2.24) is 0 Å². The molecule has 15 heavy (non-hydrogen) atoms. The summed E-state index contributed by atoms with van der Waals surface area (Å²) in [5, 5.41) is 9.46. The summed E-state index contributed by atoms with van der Waals surface area (Å²) >= 11 is 0. The lowest BCUT2D eigenvalue weighted by Crippen LogP contribution is -2.00. The average Bonchev–Trinajstić information content (AvgIpc) is 2.59. The third kappa shape index (κ3) is 1.48. The van der Waals surface area contributed by atoms with Gasteiger partial charge in [0.15, 0.2) is 5.58 Å². The molecule has 0 spiro atoms. The number of halogens is 1. The number of furan rings is 1. The Labute approximate surface area is 85.1 Å². The fourth-order valence-electron chi connectivity index (χ4n) is 1.51. The first kappa shape index (κ1) is 9.71. The summed E-state index contributed by atoms with van der Waals surface area (Å²) in [7, 11) is 0. The molecule has 0 aliphatic rings. The van der Waals surface area contributed by atoms with Crippen LogP contribution >= 0.6 is 0 Å². The largest absolute Gasteiger partial charge is 0.477 e. The zero-order chi connectivity index (χ0) is 11.0. The van der Waals surface area contributed by atoms with Crippen LogP contribution in [-0.4, -0.2) is 11.1 Å². The highest BCUT2D eigenvalue weighted by Gasteiger charge is 2.18. The molecule has 0 fully saturated rings. The zero-order valence-corrected chi connectivity index (χ0v) is 8.08. The third-order valence-electron chi connectivity index (χ3n) is 2.25. The number of aromatic carboxylic acids is 1. The second kappa shape index (κ2) is 3.38. The highest BCUT2D eigenvalue weighted by Crippen LogP contribution is 2.25. The molecule has 0 bridgehead atoms. The van der Waals surface area contributed by atoms with Crippen molar-refractivity contribution in [3.05, 3.63) is 35.3 Å². The van der Waals surface area contributed by atoms with Gasteiger partial charge in [-0.2, -0.15) is 0 Å². The Morgan fingerprint density at radius 3 is 2.87 bits per heavy atom. The minimum atomic E-state index is -1.31. The zero-order valence-electron chi connectivity index (χ0n) is 8.08. The number of hydrogen-bond donors (Lipinski definition) is 1. The summed E-state index contributed by atoms with van der Waals surface area (Å²) in [6.07, 6.45) is 0.648. The number of carboxylic acid groups (broad SMARTS) is 1. The van der Waals surface area contributed by atoms with Crippen LogP contribution in [0.4, 0.5) is 4.39 Å². The van der Waals surface area contributed by atoms with Gasteiger partial charge >= 0.3 is 5.97 Å². The maximum atomic E-state index is 13.2. The molecule has 2 aromatic rings. The van der Waals surface area contributed by atoms with Crippen LogP contribution < -0.4 is 0 Å². The van der Waals surface area contributed by atoms with Gasteiger partial charge in [-0.3, -0.25) is 0 Å². The maximum absolute atomic E-state index is 13.2. The van der Waals surface area contributed by atoms with Gasteiger partial charge in [0, 0.05) is 11.8 Å². The smallest absolute Gasteiger partial charge is 0.342 e. The second-order valence-electron chi connectivity index (χ2n) is 3.21. The van der Waals surface area contributed by atoms with Gasteiger partial charge in [-0.05, 0) is 18.2 Å². The first-order valence-corrected chi connectivity index (χ1v) is 4.57. The molecule has 1 aromatic heterocycles. The normalized spacial score (nSPS) is 10.8. The van der Waals surface area contributed by atoms with E-state index in [1.54, 1.807) is 6.07 Å². The van der Waals surface area contributed by atoms with Gasteiger partial charge in [-0.15, -0.1) is 0 Å². The van der Waals surface area contributed by atoms with Gasteiger partial charge in [0.2, 0.25) is 0 Å². The Kier molecular flexibility index (Phi) is 2.19. The monoisotopic (exact) mass is 208 g/mol. The molecule has 0 aliphatic heterocycles. The van der Waals surface area contributed by atoms with Gasteiger partial charge < -0.3 is 9.52 Å². The molecular formula is C11H9FO3. The Bertz CT molecular complexity index is 528. The molecular weight excluding hydrogens is 199 g/mol. The van der Waals surface area contributed by atoms with E-state index in [1.165, 1.54) is 6.07 Å². The predicted molar refractivity (Wildman–Crippen MR) is 52.5 cm³/mol. The minimum Gasteiger partial charge on any atom is -0.477 e. The van der Waals surface area contributed by atoms with Crippen LogP contribution in [0.25, 0.3) is 11.0 Å². The molecule has 0 atom stereocenters. The van der Waals surface area contributed by atoms with Crippen LogP contribution in [0.5, 0.6) is 0 Å². The van der Waals surface area contributed by atoms with Gasteiger partial charge in [0.25, 0.3) is 0 Å². The van der Waals surface area contributed by atoms with Crippen molar-refractivity contribution in [2.75, 3.05) is 0 Å². The van der Waals surface area contributed by atoms with Gasteiger partial charge in [-0.1, -0.05) is 6.92 Å². The summed E-state index contributed by atoms with van der Waals surface area (Å²) in [4.78, 5) is 10.8. The summed E-state index contributed by atoms with van der Waals surface area (Å²) in [5.74, 6) is -1.43. The lowest BCUT2D eigenvalue weighted by Gasteiger charge is -1.97. The van der Waals surface area contributed by atoms with Crippen LogP contribution in [0, 0.1) is 5.82 Å². The summed E-state index contributed by atoms with van der Waals surface area (Å²) in [6.45, 7) is 1.88. The van der Waals surface area contributed by atoms with Crippen molar-refractivity contribution in [2.24, 2.45) is 0 Å². The lowest BCUT2D eigenvalue weighted by atomic mass is 10.1. The van der Waals surface area contributed by atoms with E-state index in [-0.39, 0.29) is 5.58 Å². The van der Waals surface area contributed by atoms with Crippen molar-refractivity contribution >= 4 is 16.9 Å². The van der Waals surface area contributed by atoms with Gasteiger partial charge in [0.1, 0.15) is 17.1 Å². The molecule has 0 radical (unpaired) electrons. The van der Waals surface area contributed by atoms with Crippen LogP contribution in [0.3, 0.4) is 0 Å². The Morgan fingerprint density at radius 1 is 1.53 bits per heavy atom. The number of carbonyl (C=O) groups is 1. The lowest BCUT2D eigenvalue weighted by molar-refractivity contribution is 0.0693. The summed E-state index contributed by atoms with van der Waals surface area (Å²) < 4.78 is 18.5. The van der Waals surface area contributed by atoms with E-state index in [0.29, 0.717) is 17.6 Å². The summed E-state index contributed by atoms with van der Waals surface area (Å²) in [6, 6.07) is 4.38. The van der Waals surface area contributed by atoms with E-state index in [4.69, 9.17) is 9.52 Å². The molecule has 0 unspecified atom stereocenters. The van der Waals surface area contributed by atoms with Crippen molar-refractivity contribution in [3.63, 3.8) is 0 Å². The second-order valence-corrected chi connectivity index (χ2v) is 3.21. The first-order valence-electron chi connectivity index (χ1n) is 4.57. The SMILES string of the molecule is CCc1cc2ccc(F)c(C(=O)O)c2o1. The van der Waals surface area contributed by atoms with Gasteiger partial charge in [-0.25, -0.2) is 9.18 Å². The van der Waals surface area contributed by atoms with Crippen LogP contribution in [0.15, 0.2) is 22.6 Å². The molecule has 0 saturated carbocycles. The average molecular weight is 208 g/mol. The van der Waals surface area contributed by atoms with E-state index in [9.17, 15) is 9.18 Å². The fraction of sp³-hybridized carbons (Fsp3) is 0.182. The highest BCUT2D eigenvalue weighted by atomic mass is 19.1. The minimum absolute atomic E-state index is 0.111. The molecule has 78 valence electrons. The number of aryl methyl sites for hydroxylation is 1. The summed E-state index contributed by atoms with van der Waals surface area (Å²) in [5.41, 5.74) is -0.286. The van der Waals surface area contributed by atoms with Crippen LogP contribution in [0.2, 0.25) is 0 Å². The van der Waals surface area contributed by atoms with Gasteiger partial charge in [0.05, 0.1) is 0 Å². The third-order valence-corrected chi connectivity index (χ3v) is 2.25. The van der Waals surface area contributed by atoms with E-state index < -0.39 is 17.3 Å². The predicted octanol–water partition coefficient (Wildman–Crippen LogP) is 2.83. The molecule has 0 amide bonds. The fourth-order valence-corrected chi connectivity index (χ4v) is 1.51. The quantitative estimate of drug-likeness (QED) is 0.825. The highest BCUT2D eigenvalue weighted by molar-refractivity contribution is 6.01. The molecule has 4 heteroatoms. The van der Waals surface area contributed by atoms with Crippen LogP contribution in [-0.2, 0) is 6.42 Å². The molecule has 0 saturated heterocycles. The van der Waals surface area contributed by atoms with Crippen molar-refractivity contribution in [2.45, 2.75) is 13.3 Å². The maximum Gasteiger partial charge on any atom is 0.342 e. The molecule has 2 rings (SSSR count). The van der Waals surface area contributed by atoms with E-state index in [1.807, 2.05) is 6.92 Å². The molecule has 0 aliphatic carbocycles. The standard InChI is InChI=1S/C11H9FO3/c1-2-7-5-6-3-4-8(12)9(11(13)14)10(6)15-7/h3-5H,2H2,1H3,(H,13,14).